The molecule has 0 unspecified atom stereocenters. The largest absolute Gasteiger partial charge is 0.431 e. The number of urea groups is 1. The molecule has 0 saturated heterocycles. The van der Waals surface area contributed by atoms with Gasteiger partial charge in [-0.2, -0.15) is 14.0 Å². The summed E-state index contributed by atoms with van der Waals surface area (Å²) in [5.74, 6) is -0.239. The van der Waals surface area contributed by atoms with E-state index in [4.69, 9.17) is 5.26 Å². The van der Waals surface area contributed by atoms with Gasteiger partial charge in [0, 0.05) is 19.2 Å². The van der Waals surface area contributed by atoms with Crippen LogP contribution in [0.2, 0.25) is 0 Å². The Bertz CT molecular complexity index is 507. The van der Waals surface area contributed by atoms with Gasteiger partial charge < -0.3 is 15.4 Å². The zero-order valence-corrected chi connectivity index (χ0v) is 10.5. The first-order valence-corrected chi connectivity index (χ1v) is 5.51. The van der Waals surface area contributed by atoms with Crippen LogP contribution in [0.15, 0.2) is 18.2 Å². The predicted molar refractivity (Wildman–Crippen MR) is 65.1 cm³/mol. The Kier molecular flexibility index (Phi) is 4.64. The molecule has 1 rings (SSSR count). The van der Waals surface area contributed by atoms with E-state index in [2.05, 4.69) is 15.4 Å². The van der Waals surface area contributed by atoms with Gasteiger partial charge in [-0.15, -0.1) is 0 Å². The third-order valence-electron chi connectivity index (χ3n) is 1.98. The Morgan fingerprint density at radius 2 is 2.21 bits per heavy atom. The van der Waals surface area contributed by atoms with Crippen molar-refractivity contribution in [3.05, 3.63) is 23.8 Å². The van der Waals surface area contributed by atoms with Crippen LogP contribution in [0.4, 0.5) is 19.3 Å². The Hall–Kier alpha value is -2.36. The summed E-state index contributed by atoms with van der Waals surface area (Å²) in [6.45, 7) is 2.77. The first kappa shape index (κ1) is 14.7. The van der Waals surface area contributed by atoms with Gasteiger partial charge in [0.15, 0.2) is 0 Å². The Morgan fingerprint density at radius 3 is 2.74 bits per heavy atom. The molecule has 0 aliphatic rings. The number of carbonyl (C=O) groups is 1. The molecule has 102 valence electrons. The van der Waals surface area contributed by atoms with E-state index in [-0.39, 0.29) is 11.3 Å². The maximum Gasteiger partial charge on any atom is 0.394 e. The Balaban J connectivity index is 2.91. The summed E-state index contributed by atoms with van der Waals surface area (Å²) < 4.78 is 29.8. The van der Waals surface area contributed by atoms with Crippen molar-refractivity contribution >= 4 is 11.7 Å². The molecule has 0 bridgehead atoms. The molecular weight excluding hydrogens is 256 g/mol. The van der Waals surface area contributed by atoms with Crippen molar-refractivity contribution in [2.45, 2.75) is 20.0 Å². The highest BCUT2D eigenvalue weighted by Gasteiger charge is 2.24. The van der Waals surface area contributed by atoms with Crippen molar-refractivity contribution in [3.63, 3.8) is 0 Å². The molecule has 1 aromatic rings. The third-order valence-corrected chi connectivity index (χ3v) is 1.98. The van der Waals surface area contributed by atoms with Gasteiger partial charge in [0.2, 0.25) is 0 Å². The number of anilines is 1. The lowest BCUT2D eigenvalue weighted by Gasteiger charge is -2.14. The molecule has 2 amide bonds. The lowest BCUT2D eigenvalue weighted by atomic mass is 10.2. The molecule has 0 atom stereocenters. The Morgan fingerprint density at radius 1 is 1.53 bits per heavy atom. The van der Waals surface area contributed by atoms with Crippen LogP contribution in [-0.4, -0.2) is 18.7 Å². The minimum Gasteiger partial charge on any atom is -0.431 e. The minimum atomic E-state index is -3.37. The van der Waals surface area contributed by atoms with Gasteiger partial charge in [-0.05, 0) is 25.1 Å². The van der Waals surface area contributed by atoms with Crippen LogP contribution in [0.5, 0.6) is 5.75 Å². The monoisotopic (exact) mass is 269 g/mol. The number of rotatable bonds is 4. The number of ether oxygens (including phenoxy) is 1. The van der Waals surface area contributed by atoms with E-state index in [1.54, 1.807) is 13.0 Å². The van der Waals surface area contributed by atoms with Crippen LogP contribution in [0.3, 0.4) is 0 Å². The topological polar surface area (TPSA) is 74.2 Å². The first-order valence-electron chi connectivity index (χ1n) is 5.51. The van der Waals surface area contributed by atoms with Crippen LogP contribution < -0.4 is 15.4 Å². The zero-order chi connectivity index (χ0) is 14.5. The summed E-state index contributed by atoms with van der Waals surface area (Å²) in [6.07, 6.45) is -3.37. The van der Waals surface area contributed by atoms with Gasteiger partial charge in [-0.1, -0.05) is 0 Å². The van der Waals surface area contributed by atoms with Gasteiger partial charge in [-0.3, -0.25) is 0 Å². The second-order valence-electron chi connectivity index (χ2n) is 3.72. The van der Waals surface area contributed by atoms with E-state index in [0.29, 0.717) is 19.2 Å². The number of nitrogens with one attached hydrogen (secondary N) is 2. The van der Waals surface area contributed by atoms with Crippen molar-refractivity contribution < 1.29 is 18.3 Å². The molecule has 1 aromatic carbocycles. The van der Waals surface area contributed by atoms with Crippen molar-refractivity contribution in [2.24, 2.45) is 0 Å². The highest BCUT2D eigenvalue weighted by atomic mass is 19.3. The van der Waals surface area contributed by atoms with E-state index in [0.717, 1.165) is 0 Å². The molecule has 5 nitrogen and oxygen atoms in total. The lowest BCUT2D eigenvalue weighted by Crippen LogP contribution is -2.28. The summed E-state index contributed by atoms with van der Waals surface area (Å²) in [5.41, 5.74) is 0.227. The number of nitriles is 1. The summed E-state index contributed by atoms with van der Waals surface area (Å²) in [4.78, 5) is 11.3. The molecule has 0 aliphatic carbocycles. The fourth-order valence-corrected chi connectivity index (χ4v) is 1.31. The number of amides is 2. The number of nitrogens with zero attached hydrogens (tertiary/aromatic N) is 1. The van der Waals surface area contributed by atoms with Crippen LogP contribution in [-0.2, 0) is 0 Å². The molecular formula is C12H13F2N3O2. The van der Waals surface area contributed by atoms with Crippen LogP contribution in [0, 0.1) is 11.3 Å². The van der Waals surface area contributed by atoms with Crippen molar-refractivity contribution in [2.75, 3.05) is 11.9 Å². The molecule has 19 heavy (non-hydrogen) atoms. The third kappa shape index (κ3) is 4.79. The average molecular weight is 269 g/mol. The molecule has 0 spiro atoms. The summed E-state index contributed by atoms with van der Waals surface area (Å²) in [6, 6.07) is 5.13. The molecule has 0 fully saturated rings. The second-order valence-corrected chi connectivity index (χ2v) is 3.72. The fraction of sp³-hybridized carbons (Fsp3) is 0.333. The standard InChI is InChI=1S/C12H13F2N3O2/c1-3-16-11(18)17-9-4-5-10(8(6-9)7-15)19-12(2,13)14/h4-6H,3H2,1-2H3,(H2,16,17,18). The molecule has 0 saturated carbocycles. The van der Waals surface area contributed by atoms with Crippen molar-refractivity contribution in [3.8, 4) is 11.8 Å². The SMILES string of the molecule is CCNC(=O)Nc1ccc(OC(C)(F)F)c(C#N)c1. The van der Waals surface area contributed by atoms with Gasteiger partial charge in [0.25, 0.3) is 0 Å². The number of carbonyl (C=O) groups excluding carboxylic acids is 1. The number of hydrogen-bond donors (Lipinski definition) is 2. The lowest BCUT2D eigenvalue weighted by molar-refractivity contribution is -0.159. The predicted octanol–water partition coefficient (Wildman–Crippen LogP) is 2.69. The second kappa shape index (κ2) is 6.00. The average Bonchev–Trinajstić information content (AvgIpc) is 2.29. The smallest absolute Gasteiger partial charge is 0.394 e. The van der Waals surface area contributed by atoms with Gasteiger partial charge in [-0.25, -0.2) is 4.79 Å². The van der Waals surface area contributed by atoms with Crippen molar-refractivity contribution in [1.82, 2.24) is 5.32 Å². The molecule has 2 N–H and O–H groups in total. The van der Waals surface area contributed by atoms with E-state index in [9.17, 15) is 13.6 Å². The van der Waals surface area contributed by atoms with E-state index in [1.807, 2.05) is 0 Å². The first-order chi connectivity index (χ1) is 8.85. The van der Waals surface area contributed by atoms with Crippen LogP contribution in [0.1, 0.15) is 19.4 Å². The highest BCUT2D eigenvalue weighted by Crippen LogP contribution is 2.27. The Labute approximate surface area is 109 Å². The summed E-state index contributed by atoms with van der Waals surface area (Å²) in [7, 11) is 0. The molecule has 0 aliphatic heterocycles. The number of hydrogen-bond acceptors (Lipinski definition) is 3. The zero-order valence-electron chi connectivity index (χ0n) is 10.5. The minimum absolute atomic E-state index is 0.0872. The summed E-state index contributed by atoms with van der Waals surface area (Å²) in [5, 5.41) is 13.8. The quantitative estimate of drug-likeness (QED) is 0.882. The number of halogens is 2. The number of alkyl halides is 2. The van der Waals surface area contributed by atoms with Crippen molar-refractivity contribution in [1.29, 1.82) is 5.26 Å². The van der Waals surface area contributed by atoms with Crippen LogP contribution >= 0.6 is 0 Å². The molecule has 0 radical (unpaired) electrons. The van der Waals surface area contributed by atoms with E-state index in [1.165, 1.54) is 18.2 Å². The van der Waals surface area contributed by atoms with Gasteiger partial charge in [0.05, 0.1) is 5.56 Å². The van der Waals surface area contributed by atoms with Crippen LogP contribution in [0.25, 0.3) is 0 Å². The normalized spacial score (nSPS) is 10.5. The molecule has 0 heterocycles. The van der Waals surface area contributed by atoms with E-state index >= 15 is 0 Å². The van der Waals surface area contributed by atoms with Gasteiger partial charge in [0.1, 0.15) is 11.8 Å². The van der Waals surface area contributed by atoms with Gasteiger partial charge >= 0.3 is 12.1 Å². The molecule has 0 aromatic heterocycles. The maximum atomic E-state index is 12.7. The highest BCUT2D eigenvalue weighted by molar-refractivity contribution is 5.89. The summed E-state index contributed by atoms with van der Waals surface area (Å²) >= 11 is 0. The molecule has 7 heteroatoms. The fourth-order valence-electron chi connectivity index (χ4n) is 1.31. The van der Waals surface area contributed by atoms with E-state index < -0.39 is 12.1 Å². The maximum absolute atomic E-state index is 12.7. The number of benzene rings is 1.